The highest BCUT2D eigenvalue weighted by Gasteiger charge is 2.39. The zero-order chi connectivity index (χ0) is 15.4. The van der Waals surface area contributed by atoms with Crippen molar-refractivity contribution in [1.29, 1.82) is 0 Å². The van der Waals surface area contributed by atoms with Crippen molar-refractivity contribution in [1.82, 2.24) is 25.0 Å². The SMILES string of the molecule is CCCn1ncnc1CN1C(=O)C(CC)NC(=O)C1CC. The van der Waals surface area contributed by atoms with Crippen molar-refractivity contribution < 1.29 is 9.59 Å². The summed E-state index contributed by atoms with van der Waals surface area (Å²) < 4.78 is 1.80. The van der Waals surface area contributed by atoms with Crippen molar-refractivity contribution in [3.63, 3.8) is 0 Å². The first-order valence-electron chi connectivity index (χ1n) is 7.59. The monoisotopic (exact) mass is 293 g/mol. The van der Waals surface area contributed by atoms with Crippen LogP contribution >= 0.6 is 0 Å². The van der Waals surface area contributed by atoms with Gasteiger partial charge in [0.1, 0.15) is 24.2 Å². The molecule has 2 atom stereocenters. The number of piperazine rings is 1. The van der Waals surface area contributed by atoms with Gasteiger partial charge in [0.25, 0.3) is 0 Å². The number of hydrogen-bond acceptors (Lipinski definition) is 4. The van der Waals surface area contributed by atoms with Crippen LogP contribution in [0.4, 0.5) is 0 Å². The lowest BCUT2D eigenvalue weighted by atomic mass is 10.0. The molecular weight excluding hydrogens is 270 g/mol. The summed E-state index contributed by atoms with van der Waals surface area (Å²) in [4.78, 5) is 30.5. The molecule has 7 nitrogen and oxygen atoms in total. The van der Waals surface area contributed by atoms with Gasteiger partial charge in [0.2, 0.25) is 11.8 Å². The lowest BCUT2D eigenvalue weighted by Crippen LogP contribution is -2.62. The molecule has 1 saturated heterocycles. The smallest absolute Gasteiger partial charge is 0.246 e. The first-order valence-corrected chi connectivity index (χ1v) is 7.59. The van der Waals surface area contributed by atoms with Crippen molar-refractivity contribution in [2.75, 3.05) is 0 Å². The fourth-order valence-electron chi connectivity index (χ4n) is 2.66. The molecule has 2 unspecified atom stereocenters. The molecule has 1 fully saturated rings. The van der Waals surface area contributed by atoms with Crippen LogP contribution in [0, 0.1) is 0 Å². The van der Waals surface area contributed by atoms with Crippen molar-refractivity contribution in [3.05, 3.63) is 12.2 Å². The topological polar surface area (TPSA) is 80.1 Å². The van der Waals surface area contributed by atoms with E-state index in [0.717, 1.165) is 18.8 Å². The Labute approximate surface area is 124 Å². The Morgan fingerprint density at radius 1 is 1.24 bits per heavy atom. The molecule has 0 bridgehead atoms. The number of nitrogens with one attached hydrogen (secondary N) is 1. The molecule has 7 heteroatoms. The van der Waals surface area contributed by atoms with Gasteiger partial charge in [0.15, 0.2) is 0 Å². The first kappa shape index (κ1) is 15.5. The standard InChI is InChI=1S/C14H23N5O2/c1-4-7-19-12(15-9-16-19)8-18-11(6-3)13(20)17-10(5-2)14(18)21/h9-11H,4-8H2,1-3H3,(H,17,20). The van der Waals surface area contributed by atoms with Gasteiger partial charge in [-0.1, -0.05) is 20.8 Å². The average Bonchev–Trinajstić information content (AvgIpc) is 2.90. The summed E-state index contributed by atoms with van der Waals surface area (Å²) in [6.45, 7) is 6.96. The largest absolute Gasteiger partial charge is 0.343 e. The van der Waals surface area contributed by atoms with Gasteiger partial charge in [-0.25, -0.2) is 9.67 Å². The number of rotatable bonds is 6. The molecule has 1 N–H and O–H groups in total. The van der Waals surface area contributed by atoms with Crippen LogP contribution in [-0.2, 0) is 22.7 Å². The van der Waals surface area contributed by atoms with E-state index in [2.05, 4.69) is 22.3 Å². The Hall–Kier alpha value is -1.92. The number of carbonyl (C=O) groups excluding carboxylic acids is 2. The maximum atomic E-state index is 12.5. The molecule has 1 aromatic heterocycles. The molecule has 0 radical (unpaired) electrons. The van der Waals surface area contributed by atoms with Crippen LogP contribution in [-0.4, -0.2) is 43.6 Å². The number of carbonyl (C=O) groups is 2. The van der Waals surface area contributed by atoms with Crippen LogP contribution in [0.5, 0.6) is 0 Å². The molecule has 1 aliphatic rings. The second-order valence-corrected chi connectivity index (χ2v) is 5.26. The van der Waals surface area contributed by atoms with Crippen molar-refractivity contribution in [3.8, 4) is 0 Å². The first-order chi connectivity index (χ1) is 10.1. The third kappa shape index (κ3) is 3.06. The molecule has 0 aromatic carbocycles. The maximum absolute atomic E-state index is 12.5. The number of aromatic nitrogens is 3. The van der Waals surface area contributed by atoms with Gasteiger partial charge in [-0.2, -0.15) is 5.10 Å². The molecule has 116 valence electrons. The fraction of sp³-hybridized carbons (Fsp3) is 0.714. The molecule has 0 saturated carbocycles. The van der Waals surface area contributed by atoms with Gasteiger partial charge < -0.3 is 10.2 Å². The third-order valence-electron chi connectivity index (χ3n) is 3.81. The zero-order valence-electron chi connectivity index (χ0n) is 12.9. The summed E-state index contributed by atoms with van der Waals surface area (Å²) in [7, 11) is 0. The van der Waals surface area contributed by atoms with Gasteiger partial charge in [-0.3, -0.25) is 9.59 Å². The summed E-state index contributed by atoms with van der Waals surface area (Å²) in [6.07, 6.45) is 3.63. The summed E-state index contributed by atoms with van der Waals surface area (Å²) in [5, 5.41) is 6.97. The van der Waals surface area contributed by atoms with Crippen LogP contribution in [0.15, 0.2) is 6.33 Å². The highest BCUT2D eigenvalue weighted by Crippen LogP contribution is 2.17. The van der Waals surface area contributed by atoms with Crippen LogP contribution < -0.4 is 5.32 Å². The molecule has 0 spiro atoms. The molecule has 2 amide bonds. The number of aryl methyl sites for hydroxylation is 1. The van der Waals surface area contributed by atoms with E-state index in [-0.39, 0.29) is 11.8 Å². The molecule has 1 aromatic rings. The summed E-state index contributed by atoms with van der Waals surface area (Å²) in [5.41, 5.74) is 0. The van der Waals surface area contributed by atoms with Crippen LogP contribution in [0.3, 0.4) is 0 Å². The van der Waals surface area contributed by atoms with E-state index in [1.54, 1.807) is 9.58 Å². The Bertz CT molecular complexity index is 513. The van der Waals surface area contributed by atoms with E-state index in [4.69, 9.17) is 0 Å². The number of amides is 2. The van der Waals surface area contributed by atoms with Crippen LogP contribution in [0.25, 0.3) is 0 Å². The summed E-state index contributed by atoms with van der Waals surface area (Å²) in [6, 6.07) is -0.852. The molecule has 2 rings (SSSR count). The molecule has 2 heterocycles. The van der Waals surface area contributed by atoms with E-state index in [1.807, 2.05) is 13.8 Å². The molecule has 1 aliphatic heterocycles. The summed E-state index contributed by atoms with van der Waals surface area (Å²) >= 11 is 0. The van der Waals surface area contributed by atoms with Crippen LogP contribution in [0.2, 0.25) is 0 Å². The minimum atomic E-state index is -0.428. The van der Waals surface area contributed by atoms with E-state index in [1.165, 1.54) is 6.33 Å². The average molecular weight is 293 g/mol. The fourth-order valence-corrected chi connectivity index (χ4v) is 2.66. The van der Waals surface area contributed by atoms with E-state index in [9.17, 15) is 9.59 Å². The van der Waals surface area contributed by atoms with Crippen LogP contribution in [0.1, 0.15) is 45.9 Å². The van der Waals surface area contributed by atoms with Crippen molar-refractivity contribution in [2.45, 2.75) is 65.2 Å². The number of nitrogens with zero attached hydrogens (tertiary/aromatic N) is 4. The maximum Gasteiger partial charge on any atom is 0.246 e. The lowest BCUT2D eigenvalue weighted by molar-refractivity contribution is -0.150. The molecule has 0 aliphatic carbocycles. The van der Waals surface area contributed by atoms with Gasteiger partial charge in [-0.15, -0.1) is 0 Å². The second kappa shape index (κ2) is 6.69. The Kier molecular flexibility index (Phi) is 4.93. The molecular formula is C14H23N5O2. The minimum Gasteiger partial charge on any atom is -0.343 e. The number of hydrogen-bond donors (Lipinski definition) is 1. The Balaban J connectivity index is 2.22. The van der Waals surface area contributed by atoms with Gasteiger partial charge >= 0.3 is 0 Å². The van der Waals surface area contributed by atoms with Crippen molar-refractivity contribution in [2.24, 2.45) is 0 Å². The minimum absolute atomic E-state index is 0.0324. The highest BCUT2D eigenvalue weighted by atomic mass is 16.2. The Morgan fingerprint density at radius 2 is 2.00 bits per heavy atom. The Morgan fingerprint density at radius 3 is 2.62 bits per heavy atom. The lowest BCUT2D eigenvalue weighted by Gasteiger charge is -2.38. The predicted octanol–water partition coefficient (Wildman–Crippen LogP) is 0.704. The normalized spacial score (nSPS) is 22.5. The van der Waals surface area contributed by atoms with E-state index < -0.39 is 12.1 Å². The zero-order valence-corrected chi connectivity index (χ0v) is 12.9. The van der Waals surface area contributed by atoms with Gasteiger partial charge in [-0.05, 0) is 19.3 Å². The molecule has 21 heavy (non-hydrogen) atoms. The van der Waals surface area contributed by atoms with E-state index in [0.29, 0.717) is 19.4 Å². The van der Waals surface area contributed by atoms with Crippen molar-refractivity contribution >= 4 is 11.8 Å². The highest BCUT2D eigenvalue weighted by molar-refractivity contribution is 5.96. The quantitative estimate of drug-likeness (QED) is 0.837. The second-order valence-electron chi connectivity index (χ2n) is 5.26. The summed E-state index contributed by atoms with van der Waals surface area (Å²) in [5.74, 6) is 0.619. The van der Waals surface area contributed by atoms with Gasteiger partial charge in [0, 0.05) is 6.54 Å². The third-order valence-corrected chi connectivity index (χ3v) is 3.81. The van der Waals surface area contributed by atoms with Gasteiger partial charge in [0.05, 0.1) is 6.54 Å². The predicted molar refractivity (Wildman–Crippen MR) is 77.2 cm³/mol. The van der Waals surface area contributed by atoms with E-state index >= 15 is 0 Å².